The molecule has 1 aromatic carbocycles. The molecule has 0 heterocycles. The lowest BCUT2D eigenvalue weighted by Gasteiger charge is -2.12. The summed E-state index contributed by atoms with van der Waals surface area (Å²) in [6.45, 7) is -0.0293. The topological polar surface area (TPSA) is 80.6 Å². The highest BCUT2D eigenvalue weighted by molar-refractivity contribution is 5.92. The fraction of sp³-hybridized carbons (Fsp3) is 0.286. The first-order valence-corrected chi connectivity index (χ1v) is 5.79. The van der Waals surface area contributed by atoms with Crippen molar-refractivity contribution >= 4 is 12.0 Å². The van der Waals surface area contributed by atoms with Crippen LogP contribution in [0, 0.1) is 11.3 Å². The number of rotatable bonds is 6. The van der Waals surface area contributed by atoms with E-state index in [4.69, 9.17) is 19.5 Å². The van der Waals surface area contributed by atoms with Crippen LogP contribution in [-0.2, 0) is 4.79 Å². The summed E-state index contributed by atoms with van der Waals surface area (Å²) in [5, 5.41) is 10.8. The molecule has 0 aliphatic rings. The molecular formula is C14H16N2O4. The first kappa shape index (κ1) is 15.4. The normalized spacial score (nSPS) is 9.90. The number of nitrogens with one attached hydrogen (secondary N) is 1. The number of nitriles is 1. The van der Waals surface area contributed by atoms with E-state index in [1.165, 1.54) is 27.4 Å². The third-order valence-corrected chi connectivity index (χ3v) is 2.46. The van der Waals surface area contributed by atoms with Crippen molar-refractivity contribution in [3.8, 4) is 23.3 Å². The van der Waals surface area contributed by atoms with Gasteiger partial charge >= 0.3 is 0 Å². The number of ether oxygens (including phenoxy) is 3. The van der Waals surface area contributed by atoms with Crippen LogP contribution in [0.25, 0.3) is 6.08 Å². The molecule has 20 heavy (non-hydrogen) atoms. The van der Waals surface area contributed by atoms with Crippen molar-refractivity contribution in [2.75, 3.05) is 27.9 Å². The second kappa shape index (κ2) is 7.69. The molecule has 0 aromatic heterocycles. The SMILES string of the molecule is COc1cc(/C=C\C(=O)NCC#N)cc(OC)c1OC. The predicted molar refractivity (Wildman–Crippen MR) is 73.8 cm³/mol. The van der Waals surface area contributed by atoms with E-state index in [9.17, 15) is 4.79 Å². The summed E-state index contributed by atoms with van der Waals surface area (Å²) >= 11 is 0. The third kappa shape index (κ3) is 3.92. The molecule has 0 aliphatic carbocycles. The van der Waals surface area contributed by atoms with Gasteiger partial charge in [0.25, 0.3) is 0 Å². The summed E-state index contributed by atoms with van der Waals surface area (Å²) < 4.78 is 15.6. The maximum Gasteiger partial charge on any atom is 0.244 e. The summed E-state index contributed by atoms with van der Waals surface area (Å²) in [6, 6.07) is 5.26. The second-order valence-electron chi connectivity index (χ2n) is 3.67. The number of carbonyl (C=O) groups excluding carboxylic acids is 1. The Morgan fingerprint density at radius 1 is 1.25 bits per heavy atom. The van der Waals surface area contributed by atoms with E-state index < -0.39 is 0 Å². The second-order valence-corrected chi connectivity index (χ2v) is 3.67. The largest absolute Gasteiger partial charge is 0.493 e. The molecule has 1 rings (SSSR count). The van der Waals surface area contributed by atoms with E-state index in [1.807, 2.05) is 6.07 Å². The number of amides is 1. The van der Waals surface area contributed by atoms with Crippen LogP contribution in [0.1, 0.15) is 5.56 Å². The van der Waals surface area contributed by atoms with Crippen LogP contribution >= 0.6 is 0 Å². The van der Waals surface area contributed by atoms with Gasteiger partial charge in [-0.1, -0.05) is 0 Å². The lowest BCUT2D eigenvalue weighted by molar-refractivity contribution is -0.116. The van der Waals surface area contributed by atoms with Crippen molar-refractivity contribution in [1.82, 2.24) is 5.32 Å². The fourth-order valence-electron chi connectivity index (χ4n) is 1.56. The lowest BCUT2D eigenvalue weighted by atomic mass is 10.1. The zero-order valence-corrected chi connectivity index (χ0v) is 11.6. The first-order chi connectivity index (χ1) is 9.65. The molecule has 6 nitrogen and oxygen atoms in total. The van der Waals surface area contributed by atoms with Gasteiger partial charge in [-0.15, -0.1) is 0 Å². The standard InChI is InChI=1S/C14H16N2O4/c1-18-11-8-10(4-5-13(17)16-7-6-15)9-12(19-2)14(11)20-3/h4-5,8-9H,7H2,1-3H3,(H,16,17)/b5-4-. The van der Waals surface area contributed by atoms with Crippen molar-refractivity contribution in [2.45, 2.75) is 0 Å². The minimum Gasteiger partial charge on any atom is -0.493 e. The van der Waals surface area contributed by atoms with Gasteiger partial charge in [-0.3, -0.25) is 4.79 Å². The molecule has 0 fully saturated rings. The van der Waals surface area contributed by atoms with E-state index in [0.29, 0.717) is 22.8 Å². The fourth-order valence-corrected chi connectivity index (χ4v) is 1.56. The van der Waals surface area contributed by atoms with Crippen molar-refractivity contribution in [3.05, 3.63) is 23.8 Å². The summed E-state index contributed by atoms with van der Waals surface area (Å²) in [5.74, 6) is 1.15. The van der Waals surface area contributed by atoms with Gasteiger partial charge in [0.05, 0.1) is 27.4 Å². The van der Waals surface area contributed by atoms with Crippen LogP contribution in [0.3, 0.4) is 0 Å². The molecule has 0 saturated carbocycles. The van der Waals surface area contributed by atoms with Crippen LogP contribution in [0.2, 0.25) is 0 Å². The van der Waals surface area contributed by atoms with E-state index in [2.05, 4.69) is 5.32 Å². The molecule has 0 atom stereocenters. The first-order valence-electron chi connectivity index (χ1n) is 5.79. The monoisotopic (exact) mass is 276 g/mol. The number of benzene rings is 1. The van der Waals surface area contributed by atoms with Gasteiger partial charge in [-0.25, -0.2) is 0 Å². The molecule has 0 spiro atoms. The maximum absolute atomic E-state index is 11.4. The van der Waals surface area contributed by atoms with E-state index in [0.717, 1.165) is 0 Å². The minimum absolute atomic E-state index is 0.0293. The molecular weight excluding hydrogens is 260 g/mol. The van der Waals surface area contributed by atoms with Gasteiger partial charge in [0.2, 0.25) is 11.7 Å². The molecule has 0 bridgehead atoms. The van der Waals surface area contributed by atoms with Crippen molar-refractivity contribution in [1.29, 1.82) is 5.26 Å². The number of nitrogens with zero attached hydrogens (tertiary/aromatic N) is 1. The van der Waals surface area contributed by atoms with Crippen LogP contribution in [0.5, 0.6) is 17.2 Å². The van der Waals surface area contributed by atoms with Gasteiger partial charge in [0, 0.05) is 6.08 Å². The molecule has 0 radical (unpaired) electrons. The Morgan fingerprint density at radius 3 is 2.30 bits per heavy atom. The Labute approximate surface area is 117 Å². The minimum atomic E-state index is -0.347. The molecule has 0 aliphatic heterocycles. The van der Waals surface area contributed by atoms with Crippen LogP contribution in [-0.4, -0.2) is 33.8 Å². The highest BCUT2D eigenvalue weighted by atomic mass is 16.5. The Morgan fingerprint density at radius 2 is 1.85 bits per heavy atom. The van der Waals surface area contributed by atoms with E-state index in [-0.39, 0.29) is 12.5 Å². The number of hydrogen-bond donors (Lipinski definition) is 1. The maximum atomic E-state index is 11.4. The van der Waals surface area contributed by atoms with Crippen molar-refractivity contribution in [2.24, 2.45) is 0 Å². The zero-order valence-electron chi connectivity index (χ0n) is 11.6. The molecule has 0 unspecified atom stereocenters. The molecule has 0 saturated heterocycles. The third-order valence-electron chi connectivity index (χ3n) is 2.46. The summed E-state index contributed by atoms with van der Waals surface area (Å²) in [5.41, 5.74) is 0.714. The van der Waals surface area contributed by atoms with Gasteiger partial charge in [0.15, 0.2) is 11.5 Å². The smallest absolute Gasteiger partial charge is 0.244 e. The van der Waals surface area contributed by atoms with E-state index in [1.54, 1.807) is 18.2 Å². The van der Waals surface area contributed by atoms with Gasteiger partial charge in [0.1, 0.15) is 6.54 Å². The Balaban J connectivity index is 2.99. The van der Waals surface area contributed by atoms with E-state index >= 15 is 0 Å². The van der Waals surface area contributed by atoms with Gasteiger partial charge < -0.3 is 19.5 Å². The summed E-state index contributed by atoms with van der Waals surface area (Å²) in [7, 11) is 4.56. The predicted octanol–water partition coefficient (Wildman–Crippen LogP) is 1.37. The highest BCUT2D eigenvalue weighted by Gasteiger charge is 2.12. The average molecular weight is 276 g/mol. The van der Waals surface area contributed by atoms with Gasteiger partial charge in [-0.2, -0.15) is 5.26 Å². The van der Waals surface area contributed by atoms with Crippen LogP contribution in [0.15, 0.2) is 18.2 Å². The summed E-state index contributed by atoms with van der Waals surface area (Å²) in [4.78, 5) is 11.4. The Kier molecular flexibility index (Phi) is 5.91. The summed E-state index contributed by atoms with van der Waals surface area (Å²) in [6.07, 6.45) is 2.93. The Bertz CT molecular complexity index is 522. The van der Waals surface area contributed by atoms with Crippen molar-refractivity contribution < 1.29 is 19.0 Å². The molecule has 1 aromatic rings. The van der Waals surface area contributed by atoms with Crippen LogP contribution in [0.4, 0.5) is 0 Å². The lowest BCUT2D eigenvalue weighted by Crippen LogP contribution is -2.20. The number of carbonyl (C=O) groups is 1. The molecule has 106 valence electrons. The molecule has 6 heteroatoms. The average Bonchev–Trinajstić information content (AvgIpc) is 2.49. The highest BCUT2D eigenvalue weighted by Crippen LogP contribution is 2.38. The number of hydrogen-bond acceptors (Lipinski definition) is 5. The molecule has 1 amide bonds. The van der Waals surface area contributed by atoms with Crippen molar-refractivity contribution in [3.63, 3.8) is 0 Å². The number of methoxy groups -OCH3 is 3. The van der Waals surface area contributed by atoms with Crippen LogP contribution < -0.4 is 19.5 Å². The molecule has 1 N–H and O–H groups in total. The Hall–Kier alpha value is -2.68. The quantitative estimate of drug-likeness (QED) is 0.627. The zero-order chi connectivity index (χ0) is 15.0. The van der Waals surface area contributed by atoms with Gasteiger partial charge in [-0.05, 0) is 23.8 Å².